The highest BCUT2D eigenvalue weighted by Gasteiger charge is 2.38. The minimum atomic E-state index is -1.09. The number of para-hydroxylation sites is 1. The van der Waals surface area contributed by atoms with Crippen molar-refractivity contribution in [2.24, 2.45) is 15.3 Å². The number of rotatable bonds is 6. The highest BCUT2D eigenvalue weighted by molar-refractivity contribution is 6.18. The molecule has 0 saturated heterocycles. The summed E-state index contributed by atoms with van der Waals surface area (Å²) in [5.41, 5.74) is 1.22. The van der Waals surface area contributed by atoms with Crippen LogP contribution in [0.1, 0.15) is 23.7 Å². The lowest BCUT2D eigenvalue weighted by Crippen LogP contribution is -2.36. The van der Waals surface area contributed by atoms with Gasteiger partial charge in [0.25, 0.3) is 11.8 Å². The average molecular weight is 407 g/mol. The smallest absolute Gasteiger partial charge is 0.335 e. The summed E-state index contributed by atoms with van der Waals surface area (Å²) in [5.74, 6) is -3.14. The van der Waals surface area contributed by atoms with Gasteiger partial charge in [-0.15, -0.1) is 0 Å². The third-order valence-electron chi connectivity index (χ3n) is 4.10. The predicted octanol–water partition coefficient (Wildman–Crippen LogP) is 2.61. The van der Waals surface area contributed by atoms with Crippen molar-refractivity contribution in [1.29, 1.82) is 0 Å². The van der Waals surface area contributed by atoms with Gasteiger partial charge in [-0.25, -0.2) is 4.79 Å². The Balaban J connectivity index is 1.62. The van der Waals surface area contributed by atoms with Crippen LogP contribution in [0, 0.1) is 0 Å². The molecule has 0 aliphatic carbocycles. The summed E-state index contributed by atoms with van der Waals surface area (Å²) in [6.45, 7) is 1.52. The van der Waals surface area contributed by atoms with E-state index < -0.39 is 36.2 Å². The van der Waals surface area contributed by atoms with E-state index in [0.717, 1.165) is 0 Å². The first-order valence-electron chi connectivity index (χ1n) is 8.86. The van der Waals surface area contributed by atoms with Gasteiger partial charge in [0, 0.05) is 5.69 Å². The van der Waals surface area contributed by atoms with Gasteiger partial charge in [-0.1, -0.05) is 18.2 Å². The quantitative estimate of drug-likeness (QED) is 0.559. The second-order valence-corrected chi connectivity index (χ2v) is 6.35. The zero-order valence-electron chi connectivity index (χ0n) is 15.8. The Morgan fingerprint density at radius 2 is 1.77 bits per heavy atom. The topological polar surface area (TPSA) is 141 Å². The molecule has 0 spiro atoms. The van der Waals surface area contributed by atoms with Gasteiger partial charge in [0.1, 0.15) is 6.42 Å². The molecular weight excluding hydrogens is 390 g/mol. The number of amides is 3. The van der Waals surface area contributed by atoms with Gasteiger partial charge in [-0.3, -0.25) is 14.4 Å². The minimum Gasteiger partial charge on any atom is -0.478 e. The fraction of sp³-hybridized carbons (Fsp3) is 0.150. The van der Waals surface area contributed by atoms with Gasteiger partial charge in [0.05, 0.1) is 17.0 Å². The molecule has 1 aliphatic rings. The van der Waals surface area contributed by atoms with Crippen molar-refractivity contribution in [2.45, 2.75) is 19.4 Å². The summed E-state index contributed by atoms with van der Waals surface area (Å²) in [6, 6.07) is 13.1. The Labute approximate surface area is 170 Å². The summed E-state index contributed by atoms with van der Waals surface area (Å²) in [5, 5.41) is 23.8. The highest BCUT2D eigenvalue weighted by atomic mass is 16.4. The first-order chi connectivity index (χ1) is 14.3. The van der Waals surface area contributed by atoms with Crippen molar-refractivity contribution < 1.29 is 24.3 Å². The van der Waals surface area contributed by atoms with E-state index in [1.165, 1.54) is 31.2 Å². The number of carboxylic acid groups (broad SMARTS) is 1. The zero-order chi connectivity index (χ0) is 21.7. The number of azo groups is 1. The average Bonchev–Trinajstić information content (AvgIpc) is 3.01. The van der Waals surface area contributed by atoms with Crippen LogP contribution in [0.15, 0.2) is 69.9 Å². The predicted molar refractivity (Wildman–Crippen MR) is 106 cm³/mol. The van der Waals surface area contributed by atoms with Gasteiger partial charge in [-0.2, -0.15) is 20.3 Å². The molecule has 1 heterocycles. The summed E-state index contributed by atoms with van der Waals surface area (Å²) < 4.78 is 0. The molecular formula is C20H17N5O5. The number of carbonyl (C=O) groups is 4. The molecule has 1 atom stereocenters. The molecule has 3 amide bonds. The van der Waals surface area contributed by atoms with E-state index in [9.17, 15) is 19.2 Å². The number of benzene rings is 2. The molecule has 10 heteroatoms. The summed E-state index contributed by atoms with van der Waals surface area (Å²) in [6.07, 6.45) is -0.558. The fourth-order valence-corrected chi connectivity index (χ4v) is 2.60. The molecule has 1 unspecified atom stereocenters. The maximum Gasteiger partial charge on any atom is 0.335 e. The number of nitrogens with zero attached hydrogens (tertiary/aromatic N) is 4. The number of aromatic carboxylic acids is 1. The lowest BCUT2D eigenvalue weighted by Gasteiger charge is -2.10. The minimum absolute atomic E-state index is 0.0918. The monoisotopic (exact) mass is 407 g/mol. The van der Waals surface area contributed by atoms with E-state index in [1.54, 1.807) is 30.3 Å². The zero-order valence-corrected chi connectivity index (χ0v) is 15.8. The Morgan fingerprint density at radius 1 is 1.10 bits per heavy atom. The van der Waals surface area contributed by atoms with E-state index in [-0.39, 0.29) is 11.3 Å². The van der Waals surface area contributed by atoms with Crippen molar-refractivity contribution in [1.82, 2.24) is 5.01 Å². The summed E-state index contributed by atoms with van der Waals surface area (Å²) in [4.78, 5) is 47.7. The Hall–Kier alpha value is -4.21. The standard InChI is InChI=1S/C20H17N5O5/c1-12-18(23-22-15-9-7-13(8-10-15)20(29)30)19(28)25(24-12)17(27)11-16(26)21-14-5-3-2-4-6-14/h2-10,18H,11H2,1H3,(H,21,26)(H,29,30). The van der Waals surface area contributed by atoms with Crippen molar-refractivity contribution in [2.75, 3.05) is 5.32 Å². The summed E-state index contributed by atoms with van der Waals surface area (Å²) >= 11 is 0. The molecule has 2 aromatic carbocycles. The first kappa shape index (κ1) is 20.5. The number of nitrogens with one attached hydrogen (secondary N) is 1. The van der Waals surface area contributed by atoms with E-state index in [1.807, 2.05) is 0 Å². The van der Waals surface area contributed by atoms with Crippen LogP contribution >= 0.6 is 0 Å². The fourth-order valence-electron chi connectivity index (χ4n) is 2.60. The van der Waals surface area contributed by atoms with Crippen molar-refractivity contribution in [3.8, 4) is 0 Å². The third kappa shape index (κ3) is 4.79. The Bertz CT molecular complexity index is 1050. The molecule has 10 nitrogen and oxygen atoms in total. The molecule has 30 heavy (non-hydrogen) atoms. The number of anilines is 1. The van der Waals surface area contributed by atoms with Gasteiger partial charge in [0.2, 0.25) is 5.91 Å². The number of carbonyl (C=O) groups excluding carboxylic acids is 3. The van der Waals surface area contributed by atoms with Gasteiger partial charge >= 0.3 is 5.97 Å². The number of imide groups is 1. The second-order valence-electron chi connectivity index (χ2n) is 6.35. The molecule has 0 aromatic heterocycles. The number of carboxylic acids is 1. The van der Waals surface area contributed by atoms with Gasteiger partial charge in [-0.05, 0) is 43.3 Å². The number of hydrazone groups is 1. The lowest BCUT2D eigenvalue weighted by atomic mass is 10.2. The molecule has 0 radical (unpaired) electrons. The molecule has 2 aromatic rings. The van der Waals surface area contributed by atoms with Gasteiger partial charge in [0.15, 0.2) is 6.04 Å². The maximum absolute atomic E-state index is 12.5. The van der Waals surface area contributed by atoms with Crippen LogP contribution in [0.2, 0.25) is 0 Å². The van der Waals surface area contributed by atoms with Crippen LogP contribution in [0.25, 0.3) is 0 Å². The third-order valence-corrected chi connectivity index (χ3v) is 4.10. The highest BCUT2D eigenvalue weighted by Crippen LogP contribution is 2.19. The van der Waals surface area contributed by atoms with Crippen molar-refractivity contribution in [3.63, 3.8) is 0 Å². The van der Waals surface area contributed by atoms with Crippen LogP contribution < -0.4 is 5.32 Å². The molecule has 152 valence electrons. The Morgan fingerprint density at radius 3 is 2.40 bits per heavy atom. The SMILES string of the molecule is CC1=NN(C(=O)CC(=O)Nc2ccccc2)C(=O)C1N=Nc1ccc(C(=O)O)cc1. The van der Waals surface area contributed by atoms with E-state index in [2.05, 4.69) is 20.6 Å². The molecule has 2 N–H and O–H groups in total. The first-order valence-corrected chi connectivity index (χ1v) is 8.86. The second kappa shape index (κ2) is 8.86. The summed E-state index contributed by atoms with van der Waals surface area (Å²) in [7, 11) is 0. The van der Waals surface area contributed by atoms with Crippen molar-refractivity contribution in [3.05, 3.63) is 60.2 Å². The van der Waals surface area contributed by atoms with Crippen LogP contribution in [0.3, 0.4) is 0 Å². The van der Waals surface area contributed by atoms with E-state index in [0.29, 0.717) is 16.4 Å². The van der Waals surface area contributed by atoms with Crippen LogP contribution in [0.4, 0.5) is 11.4 Å². The lowest BCUT2D eigenvalue weighted by molar-refractivity contribution is -0.144. The van der Waals surface area contributed by atoms with Crippen LogP contribution in [0.5, 0.6) is 0 Å². The number of hydrogen-bond donors (Lipinski definition) is 2. The van der Waals surface area contributed by atoms with E-state index in [4.69, 9.17) is 5.11 Å². The molecule has 1 aliphatic heterocycles. The molecule has 0 saturated carbocycles. The molecule has 3 rings (SSSR count). The largest absolute Gasteiger partial charge is 0.478 e. The Kier molecular flexibility index (Phi) is 6.06. The van der Waals surface area contributed by atoms with Crippen molar-refractivity contribution >= 4 is 40.8 Å². The van der Waals surface area contributed by atoms with E-state index >= 15 is 0 Å². The maximum atomic E-state index is 12.5. The van der Waals surface area contributed by atoms with Crippen LogP contribution in [-0.4, -0.2) is 45.6 Å². The normalized spacial score (nSPS) is 15.9. The molecule has 0 fully saturated rings. The van der Waals surface area contributed by atoms with Gasteiger partial charge < -0.3 is 10.4 Å². The number of hydrogen-bond acceptors (Lipinski definition) is 7. The van der Waals surface area contributed by atoms with Crippen LogP contribution in [-0.2, 0) is 14.4 Å². The molecule has 0 bridgehead atoms.